The van der Waals surface area contributed by atoms with Crippen molar-refractivity contribution in [2.75, 3.05) is 0 Å². The van der Waals surface area contributed by atoms with E-state index in [1.807, 2.05) is 20.8 Å². The van der Waals surface area contributed by atoms with Crippen molar-refractivity contribution < 1.29 is 0 Å². The summed E-state index contributed by atoms with van der Waals surface area (Å²) in [6.45, 7) is 5.92. The van der Waals surface area contributed by atoms with Crippen LogP contribution < -0.4 is 5.56 Å². The van der Waals surface area contributed by atoms with Crippen LogP contribution in [-0.4, -0.2) is 4.98 Å². The SMILES string of the molecule is CC.Cc1c[nH]c(=O)c(Br)c1. The Morgan fingerprint density at radius 2 is 2.00 bits per heavy atom. The zero-order valence-electron chi connectivity index (χ0n) is 6.94. The van der Waals surface area contributed by atoms with Crippen LogP contribution in [0.15, 0.2) is 21.5 Å². The van der Waals surface area contributed by atoms with Crippen LogP contribution >= 0.6 is 15.9 Å². The van der Waals surface area contributed by atoms with Gasteiger partial charge in [0.15, 0.2) is 0 Å². The molecule has 1 rings (SSSR count). The fourth-order valence-corrected chi connectivity index (χ4v) is 1.03. The molecule has 1 aromatic heterocycles. The molecule has 0 bridgehead atoms. The quantitative estimate of drug-likeness (QED) is 0.712. The summed E-state index contributed by atoms with van der Waals surface area (Å²) in [5.41, 5.74) is 0.960. The molecule has 0 aliphatic rings. The third-order valence-electron chi connectivity index (χ3n) is 1.00. The Hall–Kier alpha value is -0.570. The fourth-order valence-electron chi connectivity index (χ4n) is 0.555. The number of hydrogen-bond acceptors (Lipinski definition) is 1. The van der Waals surface area contributed by atoms with E-state index < -0.39 is 0 Å². The van der Waals surface area contributed by atoms with Crippen molar-refractivity contribution >= 4 is 15.9 Å². The number of halogens is 1. The average molecular weight is 218 g/mol. The maximum Gasteiger partial charge on any atom is 0.262 e. The Kier molecular flexibility index (Phi) is 4.86. The second-order valence-corrected chi connectivity index (χ2v) is 2.71. The number of hydrogen-bond donors (Lipinski definition) is 1. The summed E-state index contributed by atoms with van der Waals surface area (Å²) in [4.78, 5) is 13.2. The minimum atomic E-state index is -0.0828. The van der Waals surface area contributed by atoms with E-state index in [2.05, 4.69) is 20.9 Å². The first kappa shape index (κ1) is 10.4. The lowest BCUT2D eigenvalue weighted by Crippen LogP contribution is -2.04. The lowest BCUT2D eigenvalue weighted by molar-refractivity contribution is 1.18. The standard InChI is InChI=1S/C6H6BrNO.C2H6/c1-4-2-5(7)6(9)8-3-4;1-2/h2-3H,1H3,(H,8,9);1-2H3. The van der Waals surface area contributed by atoms with Gasteiger partial charge in [-0.05, 0) is 34.5 Å². The lowest BCUT2D eigenvalue weighted by atomic mass is 10.3. The predicted octanol–water partition coefficient (Wildman–Crippen LogP) is 2.47. The molecule has 0 saturated carbocycles. The summed E-state index contributed by atoms with van der Waals surface area (Å²) in [6.07, 6.45) is 1.67. The van der Waals surface area contributed by atoms with Crippen LogP contribution in [0.3, 0.4) is 0 Å². The molecule has 62 valence electrons. The highest BCUT2D eigenvalue weighted by molar-refractivity contribution is 9.10. The van der Waals surface area contributed by atoms with E-state index in [4.69, 9.17) is 0 Å². The molecule has 1 heterocycles. The molecule has 0 aliphatic heterocycles. The topological polar surface area (TPSA) is 32.9 Å². The van der Waals surface area contributed by atoms with Gasteiger partial charge < -0.3 is 4.98 Å². The summed E-state index contributed by atoms with van der Waals surface area (Å²) in [5.74, 6) is 0. The van der Waals surface area contributed by atoms with Gasteiger partial charge in [0.2, 0.25) is 0 Å². The molecule has 0 aliphatic carbocycles. The number of aromatic nitrogens is 1. The van der Waals surface area contributed by atoms with E-state index in [-0.39, 0.29) is 5.56 Å². The zero-order chi connectivity index (χ0) is 8.85. The molecule has 2 nitrogen and oxygen atoms in total. The Morgan fingerprint density at radius 3 is 2.36 bits per heavy atom. The maximum absolute atomic E-state index is 10.7. The molecule has 0 unspecified atom stereocenters. The molecule has 0 saturated heterocycles. The Bertz CT molecular complexity index is 267. The molecular weight excluding hydrogens is 206 g/mol. The average Bonchev–Trinajstić information content (AvgIpc) is 2.02. The van der Waals surface area contributed by atoms with Crippen LogP contribution in [0.1, 0.15) is 19.4 Å². The van der Waals surface area contributed by atoms with E-state index in [1.165, 1.54) is 0 Å². The van der Waals surface area contributed by atoms with Crippen LogP contribution in [0.2, 0.25) is 0 Å². The van der Waals surface area contributed by atoms with E-state index in [0.29, 0.717) is 4.47 Å². The minimum Gasteiger partial charge on any atom is -0.328 e. The monoisotopic (exact) mass is 217 g/mol. The van der Waals surface area contributed by atoms with E-state index in [9.17, 15) is 4.79 Å². The summed E-state index contributed by atoms with van der Waals surface area (Å²) < 4.78 is 0.586. The zero-order valence-corrected chi connectivity index (χ0v) is 8.53. The molecule has 0 aromatic carbocycles. The first-order valence-corrected chi connectivity index (χ1v) is 4.34. The third-order valence-corrected chi connectivity index (χ3v) is 1.59. The van der Waals surface area contributed by atoms with E-state index >= 15 is 0 Å². The smallest absolute Gasteiger partial charge is 0.262 e. The molecule has 11 heavy (non-hydrogen) atoms. The fraction of sp³-hybridized carbons (Fsp3) is 0.375. The predicted molar refractivity (Wildman–Crippen MR) is 50.8 cm³/mol. The van der Waals surface area contributed by atoms with Gasteiger partial charge in [0, 0.05) is 6.20 Å². The maximum atomic E-state index is 10.7. The molecule has 1 N–H and O–H groups in total. The normalized spacial score (nSPS) is 8.36. The third kappa shape index (κ3) is 3.37. The Balaban J connectivity index is 0.000000461. The number of aryl methyl sites for hydroxylation is 1. The summed E-state index contributed by atoms with van der Waals surface area (Å²) in [6, 6.07) is 1.78. The van der Waals surface area contributed by atoms with Crippen molar-refractivity contribution in [1.29, 1.82) is 0 Å². The highest BCUT2D eigenvalue weighted by atomic mass is 79.9. The van der Waals surface area contributed by atoms with Crippen molar-refractivity contribution in [1.82, 2.24) is 4.98 Å². The molecule has 0 spiro atoms. The Labute approximate surface area is 74.8 Å². The van der Waals surface area contributed by atoms with Crippen LogP contribution in [0, 0.1) is 6.92 Å². The summed E-state index contributed by atoms with van der Waals surface area (Å²) in [5, 5.41) is 0. The number of rotatable bonds is 0. The van der Waals surface area contributed by atoms with Gasteiger partial charge in [-0.3, -0.25) is 4.79 Å². The lowest BCUT2D eigenvalue weighted by Gasteiger charge is -1.89. The molecule has 0 radical (unpaired) electrons. The van der Waals surface area contributed by atoms with Crippen molar-refractivity contribution in [3.8, 4) is 0 Å². The van der Waals surface area contributed by atoms with Gasteiger partial charge in [0.1, 0.15) is 0 Å². The van der Waals surface area contributed by atoms with Crippen molar-refractivity contribution in [2.45, 2.75) is 20.8 Å². The van der Waals surface area contributed by atoms with E-state index in [0.717, 1.165) is 5.56 Å². The van der Waals surface area contributed by atoms with Gasteiger partial charge in [-0.2, -0.15) is 0 Å². The summed E-state index contributed by atoms with van der Waals surface area (Å²) in [7, 11) is 0. The second-order valence-electron chi connectivity index (χ2n) is 1.85. The first-order chi connectivity index (χ1) is 5.20. The van der Waals surface area contributed by atoms with Gasteiger partial charge >= 0.3 is 0 Å². The van der Waals surface area contributed by atoms with Gasteiger partial charge in [0.25, 0.3) is 5.56 Å². The number of pyridine rings is 1. The molecule has 0 atom stereocenters. The van der Waals surface area contributed by atoms with Crippen LogP contribution in [-0.2, 0) is 0 Å². The second kappa shape index (κ2) is 5.13. The van der Waals surface area contributed by atoms with Gasteiger partial charge in [0.05, 0.1) is 4.47 Å². The highest BCUT2D eigenvalue weighted by Crippen LogP contribution is 2.02. The minimum absolute atomic E-state index is 0.0828. The van der Waals surface area contributed by atoms with Gasteiger partial charge in [-0.1, -0.05) is 13.8 Å². The molecular formula is C8H12BrNO. The molecule has 3 heteroatoms. The van der Waals surface area contributed by atoms with Crippen molar-refractivity contribution in [3.63, 3.8) is 0 Å². The van der Waals surface area contributed by atoms with Crippen LogP contribution in [0.5, 0.6) is 0 Å². The number of nitrogens with one attached hydrogen (secondary N) is 1. The van der Waals surface area contributed by atoms with E-state index in [1.54, 1.807) is 12.3 Å². The summed E-state index contributed by atoms with van der Waals surface area (Å²) >= 11 is 3.10. The molecule has 1 aromatic rings. The van der Waals surface area contributed by atoms with Gasteiger partial charge in [-0.15, -0.1) is 0 Å². The molecule has 0 fully saturated rings. The van der Waals surface area contributed by atoms with Crippen LogP contribution in [0.25, 0.3) is 0 Å². The van der Waals surface area contributed by atoms with Crippen LogP contribution in [0.4, 0.5) is 0 Å². The van der Waals surface area contributed by atoms with Gasteiger partial charge in [-0.25, -0.2) is 0 Å². The van der Waals surface area contributed by atoms with Crippen molar-refractivity contribution in [3.05, 3.63) is 32.7 Å². The number of aromatic amines is 1. The number of H-pyrrole nitrogens is 1. The first-order valence-electron chi connectivity index (χ1n) is 3.55. The largest absolute Gasteiger partial charge is 0.328 e. The van der Waals surface area contributed by atoms with Crippen molar-refractivity contribution in [2.24, 2.45) is 0 Å². The Morgan fingerprint density at radius 1 is 1.45 bits per heavy atom. The molecule has 0 amide bonds. The highest BCUT2D eigenvalue weighted by Gasteiger charge is 1.91.